The molecule has 1 unspecified atom stereocenters. The number of ether oxygens (including phenoxy) is 1. The van der Waals surface area contributed by atoms with Crippen molar-refractivity contribution < 1.29 is 8.95 Å². The number of hydrogen-bond donors (Lipinski definition) is 1. The molecule has 1 aromatic carbocycles. The van der Waals surface area contributed by atoms with Gasteiger partial charge in [0.25, 0.3) is 0 Å². The lowest BCUT2D eigenvalue weighted by molar-refractivity contribution is 0.399. The van der Waals surface area contributed by atoms with Gasteiger partial charge in [-0.3, -0.25) is 5.14 Å². The van der Waals surface area contributed by atoms with Gasteiger partial charge in [0.1, 0.15) is 5.75 Å². The largest absolute Gasteiger partial charge is 0.496 e. The van der Waals surface area contributed by atoms with Crippen LogP contribution < -0.4 is 9.88 Å². The van der Waals surface area contributed by atoms with Crippen LogP contribution >= 0.6 is 11.6 Å². The molecule has 0 bridgehead atoms. The van der Waals surface area contributed by atoms with Crippen LogP contribution in [0.15, 0.2) is 18.2 Å². The molecule has 1 rings (SSSR count). The molecule has 2 atom stereocenters. The number of halogens is 1. The normalized spacial score (nSPS) is 15.1. The van der Waals surface area contributed by atoms with E-state index in [0.29, 0.717) is 10.9 Å². The second-order valence-electron chi connectivity index (χ2n) is 5.53. The van der Waals surface area contributed by atoms with Crippen molar-refractivity contribution in [3.8, 4) is 5.75 Å². The third-order valence-corrected chi connectivity index (χ3v) is 4.69. The van der Waals surface area contributed by atoms with Crippen LogP contribution in [0.25, 0.3) is 0 Å². The fourth-order valence-electron chi connectivity index (χ4n) is 2.26. The molecule has 3 nitrogen and oxygen atoms in total. The van der Waals surface area contributed by atoms with Crippen molar-refractivity contribution in [1.29, 1.82) is 0 Å². The standard InChI is InChI=1S/C14H22ClNO2S/c1-10(9-14(2,3)19(16)17)7-11-5-6-12(15)8-13(11)18-4/h5-6,8,10H,7,9,16H2,1-4H3/t10-,19?/m1/s1. The topological polar surface area (TPSA) is 52.3 Å². The summed E-state index contributed by atoms with van der Waals surface area (Å²) in [5.74, 6) is 1.16. The summed E-state index contributed by atoms with van der Waals surface area (Å²) >= 11 is 5.94. The minimum Gasteiger partial charge on any atom is -0.496 e. The van der Waals surface area contributed by atoms with Gasteiger partial charge < -0.3 is 4.74 Å². The molecule has 108 valence electrons. The first-order valence-corrected chi connectivity index (χ1v) is 7.84. The van der Waals surface area contributed by atoms with Gasteiger partial charge in [-0.25, -0.2) is 4.21 Å². The highest BCUT2D eigenvalue weighted by Crippen LogP contribution is 2.29. The van der Waals surface area contributed by atoms with Gasteiger partial charge in [-0.15, -0.1) is 0 Å². The van der Waals surface area contributed by atoms with Crippen molar-refractivity contribution in [3.05, 3.63) is 28.8 Å². The average Bonchev–Trinajstić information content (AvgIpc) is 2.30. The van der Waals surface area contributed by atoms with E-state index in [-0.39, 0.29) is 4.75 Å². The van der Waals surface area contributed by atoms with E-state index in [4.69, 9.17) is 21.5 Å². The first-order valence-electron chi connectivity index (χ1n) is 6.25. The van der Waals surface area contributed by atoms with E-state index in [1.807, 2.05) is 32.0 Å². The molecule has 0 aromatic heterocycles. The van der Waals surface area contributed by atoms with Gasteiger partial charge in [0.15, 0.2) is 0 Å². The lowest BCUT2D eigenvalue weighted by Crippen LogP contribution is -2.34. The van der Waals surface area contributed by atoms with Crippen molar-refractivity contribution >= 4 is 22.6 Å². The lowest BCUT2D eigenvalue weighted by atomic mass is 9.92. The summed E-state index contributed by atoms with van der Waals surface area (Å²) in [7, 11) is 0.320. The second kappa shape index (κ2) is 6.73. The van der Waals surface area contributed by atoms with Crippen LogP contribution in [-0.4, -0.2) is 16.1 Å². The molecule has 0 amide bonds. The smallest absolute Gasteiger partial charge is 0.123 e. The molecule has 0 heterocycles. The predicted molar refractivity (Wildman–Crippen MR) is 81.9 cm³/mol. The molecule has 19 heavy (non-hydrogen) atoms. The number of benzene rings is 1. The number of hydrogen-bond acceptors (Lipinski definition) is 2. The van der Waals surface area contributed by atoms with Gasteiger partial charge >= 0.3 is 0 Å². The van der Waals surface area contributed by atoms with E-state index in [1.165, 1.54) is 0 Å². The molecule has 2 N–H and O–H groups in total. The maximum Gasteiger partial charge on any atom is 0.123 e. The highest BCUT2D eigenvalue weighted by Gasteiger charge is 2.26. The molecule has 0 aliphatic rings. The second-order valence-corrected chi connectivity index (χ2v) is 7.66. The summed E-state index contributed by atoms with van der Waals surface area (Å²) in [4.78, 5) is 0. The van der Waals surface area contributed by atoms with E-state index >= 15 is 0 Å². The van der Waals surface area contributed by atoms with Gasteiger partial charge in [-0.05, 0) is 50.3 Å². The molecular formula is C14H22ClNO2S. The Bertz CT molecular complexity index is 463. The van der Waals surface area contributed by atoms with Gasteiger partial charge in [0, 0.05) is 5.02 Å². The number of methoxy groups -OCH3 is 1. The van der Waals surface area contributed by atoms with Crippen LogP contribution in [0.1, 0.15) is 32.8 Å². The highest BCUT2D eigenvalue weighted by molar-refractivity contribution is 7.84. The summed E-state index contributed by atoms with van der Waals surface area (Å²) in [6, 6.07) is 5.65. The van der Waals surface area contributed by atoms with Crippen LogP contribution in [0.4, 0.5) is 0 Å². The van der Waals surface area contributed by atoms with Crippen molar-refractivity contribution in [1.82, 2.24) is 0 Å². The predicted octanol–water partition coefficient (Wildman–Crippen LogP) is 3.32. The monoisotopic (exact) mass is 303 g/mol. The zero-order chi connectivity index (χ0) is 14.6. The molecule has 0 aliphatic carbocycles. The number of nitrogens with two attached hydrogens (primary N) is 1. The third kappa shape index (κ3) is 4.79. The van der Waals surface area contributed by atoms with Crippen molar-refractivity contribution in [3.63, 3.8) is 0 Å². The van der Waals surface area contributed by atoms with Crippen LogP contribution in [0.2, 0.25) is 5.02 Å². The Kier molecular flexibility index (Phi) is 5.83. The SMILES string of the molecule is COc1cc(Cl)ccc1C[C@@H](C)CC(C)(C)S(N)=O. The Balaban J connectivity index is 2.77. The fourth-order valence-corrected chi connectivity index (χ4v) is 2.87. The Morgan fingerprint density at radius 1 is 1.47 bits per heavy atom. The van der Waals surface area contributed by atoms with E-state index in [1.54, 1.807) is 7.11 Å². The molecule has 0 spiro atoms. The van der Waals surface area contributed by atoms with Crippen LogP contribution in [0, 0.1) is 5.92 Å². The van der Waals surface area contributed by atoms with Gasteiger partial charge in [-0.1, -0.05) is 24.6 Å². The first kappa shape index (κ1) is 16.5. The van der Waals surface area contributed by atoms with E-state index in [0.717, 1.165) is 24.2 Å². The van der Waals surface area contributed by atoms with Crippen molar-refractivity contribution in [2.45, 2.75) is 38.4 Å². The minimum atomic E-state index is -1.32. The fraction of sp³-hybridized carbons (Fsp3) is 0.571. The summed E-state index contributed by atoms with van der Waals surface area (Å²) in [6.45, 7) is 5.99. The maximum absolute atomic E-state index is 11.5. The van der Waals surface area contributed by atoms with Crippen molar-refractivity contribution in [2.24, 2.45) is 11.1 Å². The Morgan fingerprint density at radius 3 is 2.63 bits per heavy atom. The van der Waals surface area contributed by atoms with Crippen LogP contribution in [0.5, 0.6) is 5.75 Å². The van der Waals surface area contributed by atoms with Crippen molar-refractivity contribution in [2.75, 3.05) is 7.11 Å². The first-order chi connectivity index (χ1) is 8.76. The summed E-state index contributed by atoms with van der Waals surface area (Å²) < 4.78 is 16.4. The summed E-state index contributed by atoms with van der Waals surface area (Å²) in [6.07, 6.45) is 1.64. The van der Waals surface area contributed by atoms with Gasteiger partial charge in [-0.2, -0.15) is 0 Å². The van der Waals surface area contributed by atoms with E-state index in [9.17, 15) is 4.21 Å². The Labute approximate surface area is 123 Å². The van der Waals surface area contributed by atoms with E-state index < -0.39 is 11.0 Å². The minimum absolute atomic E-state index is 0.359. The molecule has 0 saturated carbocycles. The lowest BCUT2D eigenvalue weighted by Gasteiger charge is -2.25. The zero-order valence-electron chi connectivity index (χ0n) is 11.9. The molecule has 1 aromatic rings. The summed E-state index contributed by atoms with van der Waals surface area (Å²) in [5.41, 5.74) is 1.11. The molecular weight excluding hydrogens is 282 g/mol. The third-order valence-electron chi connectivity index (χ3n) is 3.20. The Morgan fingerprint density at radius 2 is 2.11 bits per heavy atom. The van der Waals surface area contributed by atoms with E-state index in [2.05, 4.69) is 6.92 Å². The number of rotatable bonds is 6. The van der Waals surface area contributed by atoms with Gasteiger partial charge in [0.2, 0.25) is 0 Å². The summed E-state index contributed by atoms with van der Waals surface area (Å²) in [5, 5.41) is 6.18. The molecule has 0 fully saturated rings. The highest BCUT2D eigenvalue weighted by atomic mass is 35.5. The van der Waals surface area contributed by atoms with Crippen LogP contribution in [-0.2, 0) is 17.4 Å². The molecule has 5 heteroatoms. The van der Waals surface area contributed by atoms with Gasteiger partial charge in [0.05, 0.1) is 22.8 Å². The average molecular weight is 304 g/mol. The zero-order valence-corrected chi connectivity index (χ0v) is 13.5. The maximum atomic E-state index is 11.5. The molecule has 0 radical (unpaired) electrons. The molecule has 0 aliphatic heterocycles. The van der Waals surface area contributed by atoms with Crippen LogP contribution in [0.3, 0.4) is 0 Å². The Hall–Kier alpha value is -0.580. The molecule has 0 saturated heterocycles. The quantitative estimate of drug-likeness (QED) is 0.876.